The van der Waals surface area contributed by atoms with E-state index in [2.05, 4.69) is 10.2 Å². The van der Waals surface area contributed by atoms with E-state index in [1.807, 2.05) is 4.90 Å². The van der Waals surface area contributed by atoms with Gasteiger partial charge >= 0.3 is 0 Å². The third kappa shape index (κ3) is 3.33. The van der Waals surface area contributed by atoms with Crippen molar-refractivity contribution in [1.29, 1.82) is 0 Å². The van der Waals surface area contributed by atoms with Crippen molar-refractivity contribution in [3.8, 4) is 23.1 Å². The summed E-state index contributed by atoms with van der Waals surface area (Å²) in [6.07, 6.45) is 3.06. The van der Waals surface area contributed by atoms with Gasteiger partial charge in [-0.25, -0.2) is 0 Å². The molecule has 1 saturated heterocycles. The maximum Gasteiger partial charge on any atom is 0.283 e. The van der Waals surface area contributed by atoms with E-state index < -0.39 is 0 Å². The minimum Gasteiger partial charge on any atom is -0.493 e. The SMILES string of the molecule is COc1cccc(C(=O)N2CCC(c3nnc(-c4ccco4)o3)CC2)c1OC. The topological polar surface area (TPSA) is 90.8 Å². The van der Waals surface area contributed by atoms with Crippen molar-refractivity contribution < 1.29 is 23.1 Å². The largest absolute Gasteiger partial charge is 0.493 e. The smallest absolute Gasteiger partial charge is 0.283 e. The molecule has 1 aliphatic heterocycles. The van der Waals surface area contributed by atoms with E-state index in [0.717, 1.165) is 12.8 Å². The van der Waals surface area contributed by atoms with Gasteiger partial charge in [-0.05, 0) is 37.1 Å². The van der Waals surface area contributed by atoms with Gasteiger partial charge in [0.05, 0.1) is 26.0 Å². The molecule has 1 aliphatic rings. The lowest BCUT2D eigenvalue weighted by Crippen LogP contribution is -2.38. The number of carbonyl (C=O) groups is 1. The number of carbonyl (C=O) groups excluding carboxylic acids is 1. The zero-order valence-electron chi connectivity index (χ0n) is 15.8. The summed E-state index contributed by atoms with van der Waals surface area (Å²) in [7, 11) is 3.09. The predicted molar refractivity (Wildman–Crippen MR) is 99.4 cm³/mol. The fraction of sp³-hybridized carbons (Fsp3) is 0.350. The lowest BCUT2D eigenvalue weighted by Gasteiger charge is -2.31. The molecule has 1 fully saturated rings. The molecule has 1 amide bonds. The van der Waals surface area contributed by atoms with E-state index >= 15 is 0 Å². The third-order valence-electron chi connectivity index (χ3n) is 4.94. The summed E-state index contributed by atoms with van der Waals surface area (Å²) >= 11 is 0. The molecule has 0 unspecified atom stereocenters. The lowest BCUT2D eigenvalue weighted by atomic mass is 9.96. The van der Waals surface area contributed by atoms with Crippen LogP contribution in [0.5, 0.6) is 11.5 Å². The van der Waals surface area contributed by atoms with Crippen LogP contribution in [0.2, 0.25) is 0 Å². The van der Waals surface area contributed by atoms with Gasteiger partial charge in [0, 0.05) is 19.0 Å². The highest BCUT2D eigenvalue weighted by molar-refractivity contribution is 5.97. The number of furan rings is 1. The molecule has 0 aliphatic carbocycles. The molecule has 0 bridgehead atoms. The minimum absolute atomic E-state index is 0.0731. The molecule has 0 radical (unpaired) electrons. The summed E-state index contributed by atoms with van der Waals surface area (Å²) < 4.78 is 21.7. The van der Waals surface area contributed by atoms with Crippen molar-refractivity contribution in [2.45, 2.75) is 18.8 Å². The van der Waals surface area contributed by atoms with Crippen LogP contribution in [0.1, 0.15) is 35.0 Å². The monoisotopic (exact) mass is 383 g/mol. The number of aromatic nitrogens is 2. The fourth-order valence-corrected chi connectivity index (χ4v) is 3.45. The summed E-state index contributed by atoms with van der Waals surface area (Å²) in [6, 6.07) is 8.86. The molecule has 28 heavy (non-hydrogen) atoms. The van der Waals surface area contributed by atoms with Crippen LogP contribution < -0.4 is 9.47 Å². The molecule has 4 rings (SSSR count). The Kier molecular flexibility index (Phi) is 5.01. The predicted octanol–water partition coefficient (Wildman–Crippen LogP) is 3.37. The summed E-state index contributed by atoms with van der Waals surface area (Å²) in [5, 5.41) is 8.21. The van der Waals surface area contributed by atoms with E-state index in [1.54, 1.807) is 43.7 Å². The number of benzene rings is 1. The van der Waals surface area contributed by atoms with Crippen molar-refractivity contribution in [2.24, 2.45) is 0 Å². The zero-order valence-corrected chi connectivity index (χ0v) is 15.8. The van der Waals surface area contributed by atoms with Crippen molar-refractivity contribution in [3.63, 3.8) is 0 Å². The van der Waals surface area contributed by atoms with Gasteiger partial charge in [-0.2, -0.15) is 0 Å². The van der Waals surface area contributed by atoms with Crippen molar-refractivity contribution in [3.05, 3.63) is 48.0 Å². The van der Waals surface area contributed by atoms with Crippen molar-refractivity contribution in [2.75, 3.05) is 27.3 Å². The highest BCUT2D eigenvalue weighted by Gasteiger charge is 2.30. The van der Waals surface area contributed by atoms with Gasteiger partial charge in [0.25, 0.3) is 11.8 Å². The number of piperidine rings is 1. The first kappa shape index (κ1) is 18.1. The van der Waals surface area contributed by atoms with E-state index in [9.17, 15) is 4.79 Å². The summed E-state index contributed by atoms with van der Waals surface area (Å²) in [4.78, 5) is 14.8. The molecule has 2 aromatic heterocycles. The molecule has 0 saturated carbocycles. The number of hydrogen-bond acceptors (Lipinski definition) is 7. The van der Waals surface area contributed by atoms with Crippen LogP contribution in [0.3, 0.4) is 0 Å². The quantitative estimate of drug-likeness (QED) is 0.667. The number of ether oxygens (including phenoxy) is 2. The van der Waals surface area contributed by atoms with E-state index in [-0.39, 0.29) is 11.8 Å². The Bertz CT molecular complexity index is 943. The first-order chi connectivity index (χ1) is 13.7. The van der Waals surface area contributed by atoms with Crippen molar-refractivity contribution in [1.82, 2.24) is 15.1 Å². The van der Waals surface area contributed by atoms with Crippen LogP contribution in [0.25, 0.3) is 11.7 Å². The Morgan fingerprint density at radius 3 is 2.61 bits per heavy atom. The molecule has 3 aromatic rings. The van der Waals surface area contributed by atoms with Gasteiger partial charge in [-0.15, -0.1) is 10.2 Å². The number of hydrogen-bond donors (Lipinski definition) is 0. The summed E-state index contributed by atoms with van der Waals surface area (Å²) in [5.74, 6) is 2.55. The maximum absolute atomic E-state index is 13.0. The number of rotatable bonds is 5. The van der Waals surface area contributed by atoms with E-state index in [0.29, 0.717) is 47.7 Å². The molecule has 0 spiro atoms. The molecule has 0 atom stereocenters. The molecule has 3 heterocycles. The first-order valence-corrected chi connectivity index (χ1v) is 9.08. The molecule has 146 valence electrons. The molecular weight excluding hydrogens is 362 g/mol. The summed E-state index contributed by atoms with van der Waals surface area (Å²) in [5.41, 5.74) is 0.498. The average Bonchev–Trinajstić information content (AvgIpc) is 3.44. The van der Waals surface area contributed by atoms with Crippen LogP contribution in [-0.2, 0) is 0 Å². The Hall–Kier alpha value is -3.29. The Balaban J connectivity index is 1.44. The van der Waals surface area contributed by atoms with Gasteiger partial charge < -0.3 is 23.2 Å². The highest BCUT2D eigenvalue weighted by atomic mass is 16.5. The molecule has 8 nitrogen and oxygen atoms in total. The van der Waals surface area contributed by atoms with E-state index in [1.165, 1.54) is 7.11 Å². The first-order valence-electron chi connectivity index (χ1n) is 9.08. The van der Waals surface area contributed by atoms with Gasteiger partial charge in [-0.3, -0.25) is 4.79 Å². The number of amides is 1. The number of nitrogens with zero attached hydrogens (tertiary/aromatic N) is 3. The van der Waals surface area contributed by atoms with E-state index in [4.69, 9.17) is 18.3 Å². The zero-order chi connectivity index (χ0) is 19.5. The summed E-state index contributed by atoms with van der Waals surface area (Å²) in [6.45, 7) is 1.20. The van der Waals surface area contributed by atoms with Crippen molar-refractivity contribution >= 4 is 5.91 Å². The molecular formula is C20H21N3O5. The van der Waals surface area contributed by atoms with Crippen LogP contribution >= 0.6 is 0 Å². The average molecular weight is 383 g/mol. The Morgan fingerprint density at radius 1 is 1.11 bits per heavy atom. The Labute approximate surface area is 162 Å². The van der Waals surface area contributed by atoms with Crippen LogP contribution in [0, 0.1) is 0 Å². The standard InChI is InChI=1S/C20H21N3O5/c1-25-15-6-3-5-14(17(15)26-2)20(24)23-10-8-13(9-11-23)18-21-22-19(28-18)16-7-4-12-27-16/h3-7,12-13H,8-11H2,1-2H3. The third-order valence-corrected chi connectivity index (χ3v) is 4.94. The van der Waals surface area contributed by atoms with Crippen LogP contribution in [0.15, 0.2) is 45.4 Å². The molecule has 8 heteroatoms. The van der Waals surface area contributed by atoms with Gasteiger partial charge in [-0.1, -0.05) is 6.07 Å². The number of para-hydroxylation sites is 1. The van der Waals surface area contributed by atoms with Gasteiger partial charge in [0.2, 0.25) is 5.89 Å². The second kappa shape index (κ2) is 7.75. The minimum atomic E-state index is -0.0731. The lowest BCUT2D eigenvalue weighted by molar-refractivity contribution is 0.0702. The fourth-order valence-electron chi connectivity index (χ4n) is 3.45. The second-order valence-corrected chi connectivity index (χ2v) is 6.53. The number of methoxy groups -OCH3 is 2. The normalized spacial score (nSPS) is 14.9. The van der Waals surface area contributed by atoms with Crippen LogP contribution in [0.4, 0.5) is 0 Å². The molecule has 0 N–H and O–H groups in total. The van der Waals surface area contributed by atoms with Gasteiger partial charge in [0.15, 0.2) is 17.3 Å². The molecule has 1 aromatic carbocycles. The maximum atomic E-state index is 13.0. The Morgan fingerprint density at radius 2 is 1.93 bits per heavy atom. The van der Waals surface area contributed by atoms with Gasteiger partial charge in [0.1, 0.15) is 0 Å². The second-order valence-electron chi connectivity index (χ2n) is 6.53. The highest BCUT2D eigenvalue weighted by Crippen LogP contribution is 2.34. The van der Waals surface area contributed by atoms with Crippen LogP contribution in [-0.4, -0.2) is 48.3 Å². The number of likely N-dealkylation sites (tertiary alicyclic amines) is 1.